The number of hydrogen-bond acceptors (Lipinski definition) is 2. The number of phenolic OH excluding ortho intramolecular Hbond substituents is 1. The highest BCUT2D eigenvalue weighted by Gasteiger charge is 2.13. The molecule has 0 bridgehead atoms. The zero-order chi connectivity index (χ0) is 12.3. The van der Waals surface area contributed by atoms with E-state index in [0.29, 0.717) is 17.0 Å². The molecule has 3 nitrogen and oxygen atoms in total. The zero-order valence-corrected chi connectivity index (χ0v) is 10.6. The van der Waals surface area contributed by atoms with Crippen LogP contribution in [0.15, 0.2) is 6.07 Å². The van der Waals surface area contributed by atoms with E-state index in [1.54, 1.807) is 6.92 Å². The summed E-state index contributed by atoms with van der Waals surface area (Å²) in [4.78, 5) is 11.4. The van der Waals surface area contributed by atoms with Crippen molar-refractivity contribution < 1.29 is 9.90 Å². The molecule has 0 unspecified atom stereocenters. The van der Waals surface area contributed by atoms with Gasteiger partial charge >= 0.3 is 0 Å². The van der Waals surface area contributed by atoms with Gasteiger partial charge in [0, 0.05) is 11.4 Å². The minimum atomic E-state index is -0.172. The van der Waals surface area contributed by atoms with E-state index < -0.39 is 0 Å². The summed E-state index contributed by atoms with van der Waals surface area (Å²) in [5, 5.41) is 12.9. The lowest BCUT2D eigenvalue weighted by atomic mass is 10.2. The molecule has 88 valence electrons. The van der Waals surface area contributed by atoms with Gasteiger partial charge in [0.05, 0.1) is 10.7 Å². The molecule has 0 heterocycles. The smallest absolute Gasteiger partial charge is 0.224 e. The van der Waals surface area contributed by atoms with Crippen LogP contribution >= 0.6 is 23.2 Å². The second kappa shape index (κ2) is 5.41. The summed E-state index contributed by atoms with van der Waals surface area (Å²) in [6.45, 7) is 3.59. The van der Waals surface area contributed by atoms with Crippen LogP contribution in [0.1, 0.15) is 25.3 Å². The Morgan fingerprint density at radius 1 is 1.50 bits per heavy atom. The summed E-state index contributed by atoms with van der Waals surface area (Å²) in [6.07, 6.45) is 1.13. The quantitative estimate of drug-likeness (QED) is 0.815. The molecular weight excluding hydrogens is 249 g/mol. The van der Waals surface area contributed by atoms with Crippen molar-refractivity contribution in [3.05, 3.63) is 21.7 Å². The molecule has 2 N–H and O–H groups in total. The van der Waals surface area contributed by atoms with Gasteiger partial charge in [-0.3, -0.25) is 4.79 Å². The molecule has 0 saturated carbocycles. The first kappa shape index (κ1) is 13.1. The van der Waals surface area contributed by atoms with Crippen LogP contribution in [-0.4, -0.2) is 11.0 Å². The predicted molar refractivity (Wildman–Crippen MR) is 66.4 cm³/mol. The SMILES string of the molecule is CCCC(=O)Nc1cc(Cl)c(C)c(Cl)c1O. The Bertz CT molecular complexity index is 419. The fraction of sp³-hybridized carbons (Fsp3) is 0.364. The Balaban J connectivity index is 3.02. The van der Waals surface area contributed by atoms with Crippen molar-refractivity contribution in [2.45, 2.75) is 26.7 Å². The van der Waals surface area contributed by atoms with E-state index in [2.05, 4.69) is 5.32 Å². The van der Waals surface area contributed by atoms with Gasteiger partial charge in [-0.1, -0.05) is 30.1 Å². The van der Waals surface area contributed by atoms with Crippen LogP contribution in [0.4, 0.5) is 5.69 Å². The van der Waals surface area contributed by atoms with E-state index in [1.165, 1.54) is 6.07 Å². The Morgan fingerprint density at radius 2 is 2.12 bits per heavy atom. The fourth-order valence-corrected chi connectivity index (χ4v) is 1.69. The zero-order valence-electron chi connectivity index (χ0n) is 9.10. The van der Waals surface area contributed by atoms with Crippen LogP contribution in [0.3, 0.4) is 0 Å². The second-order valence-corrected chi connectivity index (χ2v) is 4.28. The summed E-state index contributed by atoms with van der Waals surface area (Å²) in [6, 6.07) is 1.49. The van der Waals surface area contributed by atoms with E-state index in [-0.39, 0.29) is 22.4 Å². The van der Waals surface area contributed by atoms with Crippen LogP contribution in [-0.2, 0) is 4.79 Å². The molecule has 0 atom stereocenters. The average molecular weight is 262 g/mol. The molecule has 0 saturated heterocycles. The molecule has 0 aliphatic heterocycles. The topological polar surface area (TPSA) is 49.3 Å². The van der Waals surface area contributed by atoms with Crippen LogP contribution in [0.25, 0.3) is 0 Å². The third-order valence-electron chi connectivity index (χ3n) is 2.17. The second-order valence-electron chi connectivity index (χ2n) is 3.49. The minimum absolute atomic E-state index is 0.145. The van der Waals surface area contributed by atoms with Gasteiger partial charge in [-0.25, -0.2) is 0 Å². The van der Waals surface area contributed by atoms with Gasteiger partial charge in [-0.05, 0) is 25.0 Å². The fourth-order valence-electron chi connectivity index (χ4n) is 1.24. The lowest BCUT2D eigenvalue weighted by Crippen LogP contribution is -2.10. The van der Waals surface area contributed by atoms with Crippen molar-refractivity contribution in [1.82, 2.24) is 0 Å². The molecule has 1 aromatic rings. The molecule has 16 heavy (non-hydrogen) atoms. The van der Waals surface area contributed by atoms with E-state index in [4.69, 9.17) is 23.2 Å². The van der Waals surface area contributed by atoms with E-state index in [9.17, 15) is 9.90 Å². The minimum Gasteiger partial charge on any atom is -0.504 e. The predicted octanol–water partition coefficient (Wildman–Crippen LogP) is 3.75. The first-order valence-electron chi connectivity index (χ1n) is 4.94. The molecule has 5 heteroatoms. The van der Waals surface area contributed by atoms with Crippen molar-refractivity contribution >= 4 is 34.8 Å². The highest BCUT2D eigenvalue weighted by Crippen LogP contribution is 2.38. The Kier molecular flexibility index (Phi) is 4.44. The number of halogens is 2. The first-order valence-corrected chi connectivity index (χ1v) is 5.70. The van der Waals surface area contributed by atoms with Crippen molar-refractivity contribution in [2.24, 2.45) is 0 Å². The molecule has 1 rings (SSSR count). The first-order chi connectivity index (χ1) is 7.47. The number of amides is 1. The Morgan fingerprint density at radius 3 is 2.69 bits per heavy atom. The number of benzene rings is 1. The van der Waals surface area contributed by atoms with Crippen LogP contribution < -0.4 is 5.32 Å². The number of rotatable bonds is 3. The highest BCUT2D eigenvalue weighted by atomic mass is 35.5. The summed E-state index contributed by atoms with van der Waals surface area (Å²) in [5.74, 6) is -0.318. The molecule has 0 aliphatic carbocycles. The Hall–Kier alpha value is -0.930. The summed E-state index contributed by atoms with van der Waals surface area (Å²) < 4.78 is 0. The number of hydrogen-bond donors (Lipinski definition) is 2. The maximum absolute atomic E-state index is 11.4. The summed E-state index contributed by atoms with van der Waals surface area (Å²) in [7, 11) is 0. The molecule has 0 aliphatic rings. The highest BCUT2D eigenvalue weighted by molar-refractivity contribution is 6.37. The van der Waals surface area contributed by atoms with Crippen LogP contribution in [0, 0.1) is 6.92 Å². The van der Waals surface area contributed by atoms with E-state index in [1.807, 2.05) is 6.92 Å². The lowest BCUT2D eigenvalue weighted by Gasteiger charge is -2.11. The molecule has 0 spiro atoms. The van der Waals surface area contributed by atoms with Crippen molar-refractivity contribution in [3.8, 4) is 5.75 Å². The van der Waals surface area contributed by atoms with Gasteiger partial charge in [0.15, 0.2) is 5.75 Å². The molecule has 0 aromatic heterocycles. The third kappa shape index (κ3) is 2.80. The molecule has 0 fully saturated rings. The van der Waals surface area contributed by atoms with E-state index >= 15 is 0 Å². The van der Waals surface area contributed by atoms with Gasteiger partial charge in [-0.15, -0.1) is 0 Å². The number of aromatic hydroxyl groups is 1. The lowest BCUT2D eigenvalue weighted by molar-refractivity contribution is -0.116. The standard InChI is InChI=1S/C11H13Cl2NO2/c1-3-4-9(15)14-8-5-7(12)6(2)10(13)11(8)16/h5,16H,3-4H2,1-2H3,(H,14,15). The maximum Gasteiger partial charge on any atom is 0.224 e. The Labute approximate surface area is 104 Å². The molecule has 0 radical (unpaired) electrons. The maximum atomic E-state index is 11.4. The van der Waals surface area contributed by atoms with Crippen molar-refractivity contribution in [3.63, 3.8) is 0 Å². The van der Waals surface area contributed by atoms with Crippen LogP contribution in [0.5, 0.6) is 5.75 Å². The van der Waals surface area contributed by atoms with Crippen molar-refractivity contribution in [2.75, 3.05) is 5.32 Å². The number of carbonyl (C=O) groups excluding carboxylic acids is 1. The van der Waals surface area contributed by atoms with Gasteiger partial charge in [0.2, 0.25) is 5.91 Å². The number of nitrogens with one attached hydrogen (secondary N) is 1. The summed E-state index contributed by atoms with van der Waals surface area (Å²) in [5.41, 5.74) is 0.841. The largest absolute Gasteiger partial charge is 0.504 e. The van der Waals surface area contributed by atoms with E-state index in [0.717, 1.165) is 6.42 Å². The van der Waals surface area contributed by atoms with Crippen LogP contribution in [0.2, 0.25) is 10.0 Å². The average Bonchev–Trinajstić information content (AvgIpc) is 2.23. The third-order valence-corrected chi connectivity index (χ3v) is 3.03. The van der Waals surface area contributed by atoms with Crippen molar-refractivity contribution in [1.29, 1.82) is 0 Å². The number of carbonyl (C=O) groups is 1. The summed E-state index contributed by atoms with van der Waals surface area (Å²) >= 11 is 11.8. The van der Waals surface area contributed by atoms with Gasteiger partial charge in [0.1, 0.15) is 0 Å². The number of phenols is 1. The van der Waals surface area contributed by atoms with Gasteiger partial charge in [0.25, 0.3) is 0 Å². The molecule has 1 amide bonds. The number of anilines is 1. The normalized spacial score (nSPS) is 10.2. The van der Waals surface area contributed by atoms with Gasteiger partial charge in [-0.2, -0.15) is 0 Å². The van der Waals surface area contributed by atoms with Gasteiger partial charge < -0.3 is 10.4 Å². The monoisotopic (exact) mass is 261 g/mol. The molecule has 1 aromatic carbocycles. The molecular formula is C11H13Cl2NO2.